The molecule has 266 valence electrons. The number of carbonyl (C=O) groups is 1. The fourth-order valence-electron chi connectivity index (χ4n) is 6.10. The van der Waals surface area contributed by atoms with E-state index in [-0.39, 0.29) is 52.0 Å². The Balaban J connectivity index is 1.60. The summed E-state index contributed by atoms with van der Waals surface area (Å²) in [7, 11) is -0.681. The van der Waals surface area contributed by atoms with E-state index in [4.69, 9.17) is 21.3 Å². The summed E-state index contributed by atoms with van der Waals surface area (Å²) in [5.74, 6) is -0.197. The molecule has 0 aliphatic carbocycles. The van der Waals surface area contributed by atoms with Crippen LogP contribution < -0.4 is 20.3 Å². The molecule has 0 saturated heterocycles. The standard InChI is InChI=1S/C35H36ClFN8O5S/c1-19(2)26-11-12-44(40-26)18-30(46)38-28(16-21-13-20(3)14-22(37)15-21)34-39-27-17-23(50-5)7-8-24(27)35(47)45(34)29-10-9-25(36)31-32(29)43(4)41-33(31)42-51(6,48)49/h7-15,17,19,28H,16,18H2,1-6H3,(H,38,46)(H,41,42). The van der Waals surface area contributed by atoms with Crippen molar-refractivity contribution < 1.29 is 22.3 Å². The number of aromatic nitrogens is 6. The molecule has 0 aliphatic rings. The Kier molecular flexibility index (Phi) is 9.61. The number of ether oxygens (including phenoxy) is 1. The maximum absolute atomic E-state index is 14.7. The summed E-state index contributed by atoms with van der Waals surface area (Å²) in [5.41, 5.74) is 2.41. The van der Waals surface area contributed by atoms with Gasteiger partial charge in [0.05, 0.1) is 57.6 Å². The van der Waals surface area contributed by atoms with Crippen LogP contribution in [-0.2, 0) is 34.8 Å². The third-order valence-electron chi connectivity index (χ3n) is 8.29. The zero-order valence-corrected chi connectivity index (χ0v) is 30.3. The monoisotopic (exact) mass is 734 g/mol. The van der Waals surface area contributed by atoms with Crippen LogP contribution in [0.15, 0.2) is 65.6 Å². The van der Waals surface area contributed by atoms with Gasteiger partial charge >= 0.3 is 0 Å². The number of rotatable bonds is 11. The van der Waals surface area contributed by atoms with Gasteiger partial charge in [0.1, 0.15) is 23.9 Å². The van der Waals surface area contributed by atoms with Crippen LogP contribution in [0.25, 0.3) is 27.5 Å². The van der Waals surface area contributed by atoms with Crippen LogP contribution in [0.2, 0.25) is 5.02 Å². The Morgan fingerprint density at radius 3 is 2.51 bits per heavy atom. The smallest absolute Gasteiger partial charge is 0.266 e. The number of methoxy groups -OCH3 is 1. The first kappa shape index (κ1) is 35.5. The highest BCUT2D eigenvalue weighted by molar-refractivity contribution is 7.92. The van der Waals surface area contributed by atoms with E-state index in [2.05, 4.69) is 20.2 Å². The highest BCUT2D eigenvalue weighted by atomic mass is 35.5. The molecule has 2 N–H and O–H groups in total. The molecule has 1 amide bonds. The molecule has 13 nitrogen and oxygen atoms in total. The van der Waals surface area contributed by atoms with Crippen molar-refractivity contribution in [2.75, 3.05) is 18.1 Å². The number of anilines is 1. The number of hydrogen-bond donors (Lipinski definition) is 2. The number of benzene rings is 3. The van der Waals surface area contributed by atoms with Gasteiger partial charge in [-0.3, -0.25) is 28.2 Å². The molecule has 3 aromatic heterocycles. The number of aryl methyl sites for hydroxylation is 2. The van der Waals surface area contributed by atoms with Gasteiger partial charge in [0.25, 0.3) is 5.56 Å². The van der Waals surface area contributed by atoms with Gasteiger partial charge in [-0.15, -0.1) is 0 Å². The van der Waals surface area contributed by atoms with E-state index in [0.717, 1.165) is 11.9 Å². The van der Waals surface area contributed by atoms with Gasteiger partial charge < -0.3 is 10.1 Å². The van der Waals surface area contributed by atoms with Gasteiger partial charge in [-0.05, 0) is 66.4 Å². The maximum atomic E-state index is 14.7. The quantitative estimate of drug-likeness (QED) is 0.185. The van der Waals surface area contributed by atoms with Crippen molar-refractivity contribution in [2.45, 2.75) is 45.7 Å². The van der Waals surface area contributed by atoms with Crippen molar-refractivity contribution in [1.29, 1.82) is 0 Å². The molecular weight excluding hydrogens is 699 g/mol. The highest BCUT2D eigenvalue weighted by Gasteiger charge is 2.28. The van der Waals surface area contributed by atoms with Crippen molar-refractivity contribution in [3.63, 3.8) is 0 Å². The number of amides is 1. The third-order valence-corrected chi connectivity index (χ3v) is 9.17. The average molecular weight is 735 g/mol. The maximum Gasteiger partial charge on any atom is 0.266 e. The Morgan fingerprint density at radius 1 is 1.08 bits per heavy atom. The van der Waals surface area contributed by atoms with Crippen molar-refractivity contribution in [3.05, 3.63) is 105 Å². The summed E-state index contributed by atoms with van der Waals surface area (Å²) >= 11 is 6.63. The van der Waals surface area contributed by atoms with Crippen LogP contribution in [0.3, 0.4) is 0 Å². The normalized spacial score (nSPS) is 12.5. The minimum absolute atomic E-state index is 0.0324. The lowest BCUT2D eigenvalue weighted by molar-refractivity contribution is -0.122. The molecule has 1 atom stereocenters. The minimum Gasteiger partial charge on any atom is -0.497 e. The fraction of sp³-hybridized carbons (Fsp3) is 0.286. The van der Waals surface area contributed by atoms with Gasteiger partial charge in [0.2, 0.25) is 15.9 Å². The molecule has 0 bridgehead atoms. The number of nitrogens with one attached hydrogen (secondary N) is 2. The number of hydrogen-bond acceptors (Lipinski definition) is 8. The Hall–Kier alpha value is -5.28. The van der Waals surface area contributed by atoms with Crippen molar-refractivity contribution in [3.8, 4) is 11.4 Å². The summed E-state index contributed by atoms with van der Waals surface area (Å²) in [6, 6.07) is 13.4. The van der Waals surface area contributed by atoms with Crippen LogP contribution >= 0.6 is 11.6 Å². The second kappa shape index (κ2) is 13.8. The first-order valence-electron chi connectivity index (χ1n) is 15.9. The van der Waals surface area contributed by atoms with E-state index in [1.807, 2.05) is 19.9 Å². The van der Waals surface area contributed by atoms with Gasteiger partial charge in [-0.2, -0.15) is 10.2 Å². The molecule has 51 heavy (non-hydrogen) atoms. The second-order valence-corrected chi connectivity index (χ2v) is 14.8. The van der Waals surface area contributed by atoms with Crippen molar-refractivity contribution in [1.82, 2.24) is 34.4 Å². The van der Waals surface area contributed by atoms with E-state index in [1.54, 1.807) is 50.5 Å². The number of halogens is 2. The predicted molar refractivity (Wildman–Crippen MR) is 194 cm³/mol. The number of fused-ring (bicyclic) bond motifs is 2. The van der Waals surface area contributed by atoms with Crippen molar-refractivity contribution >= 4 is 55.2 Å². The average Bonchev–Trinajstić information content (AvgIpc) is 3.64. The molecule has 1 unspecified atom stereocenters. The van der Waals surface area contributed by atoms with Crippen LogP contribution in [0.5, 0.6) is 5.75 Å². The Bertz CT molecular complexity index is 2470. The summed E-state index contributed by atoms with van der Waals surface area (Å²) in [4.78, 5) is 33.4. The zero-order valence-electron chi connectivity index (χ0n) is 28.7. The summed E-state index contributed by atoms with van der Waals surface area (Å²) in [5, 5.41) is 12.6. The molecule has 6 rings (SSSR count). The number of carbonyl (C=O) groups excluding carboxylic acids is 1. The molecule has 0 fully saturated rings. The molecule has 0 aliphatic heterocycles. The first-order valence-corrected chi connectivity index (χ1v) is 18.2. The van der Waals surface area contributed by atoms with Crippen LogP contribution in [0, 0.1) is 12.7 Å². The largest absolute Gasteiger partial charge is 0.497 e. The lowest BCUT2D eigenvalue weighted by Crippen LogP contribution is -2.37. The molecule has 3 heterocycles. The Morgan fingerprint density at radius 2 is 1.84 bits per heavy atom. The van der Waals surface area contributed by atoms with E-state index in [9.17, 15) is 22.4 Å². The molecule has 0 saturated carbocycles. The summed E-state index contributed by atoms with van der Waals surface area (Å²) in [6.07, 6.45) is 2.75. The van der Waals surface area contributed by atoms with Gasteiger partial charge in [0.15, 0.2) is 5.82 Å². The van der Waals surface area contributed by atoms with E-state index < -0.39 is 33.3 Å². The van der Waals surface area contributed by atoms with E-state index in [0.29, 0.717) is 27.9 Å². The molecule has 6 aromatic rings. The molecular formula is C35H36ClFN8O5S. The first-order chi connectivity index (χ1) is 24.1. The molecule has 3 aromatic carbocycles. The van der Waals surface area contributed by atoms with E-state index in [1.165, 1.54) is 39.2 Å². The molecule has 0 spiro atoms. The van der Waals surface area contributed by atoms with E-state index >= 15 is 0 Å². The number of nitrogens with zero attached hydrogens (tertiary/aromatic N) is 6. The third kappa shape index (κ3) is 7.44. The predicted octanol–water partition coefficient (Wildman–Crippen LogP) is 5.17. The minimum atomic E-state index is -3.76. The SMILES string of the molecule is COc1ccc2c(=O)n(-c3ccc(Cl)c4c(NS(C)(=O)=O)nn(C)c34)c(C(Cc3cc(C)cc(F)c3)NC(=O)Cn3ccc(C(C)C)n3)nc2c1. The Labute approximate surface area is 298 Å². The summed E-state index contributed by atoms with van der Waals surface area (Å²) in [6.45, 7) is 5.62. The van der Waals surface area contributed by atoms with Crippen LogP contribution in [0.1, 0.15) is 48.5 Å². The number of sulfonamides is 1. The lowest BCUT2D eigenvalue weighted by Gasteiger charge is -2.24. The summed E-state index contributed by atoms with van der Waals surface area (Å²) < 4.78 is 51.3. The molecule has 16 heteroatoms. The topological polar surface area (TPSA) is 155 Å². The highest BCUT2D eigenvalue weighted by Crippen LogP contribution is 2.35. The van der Waals surface area contributed by atoms with Gasteiger partial charge in [0, 0.05) is 25.7 Å². The fourth-order valence-corrected chi connectivity index (χ4v) is 6.83. The van der Waals surface area contributed by atoms with Gasteiger partial charge in [-0.25, -0.2) is 17.8 Å². The van der Waals surface area contributed by atoms with Crippen molar-refractivity contribution in [2.24, 2.45) is 7.05 Å². The zero-order chi connectivity index (χ0) is 36.8. The van der Waals surface area contributed by atoms with Crippen LogP contribution in [-0.4, -0.2) is 56.8 Å². The van der Waals surface area contributed by atoms with Crippen LogP contribution in [0.4, 0.5) is 10.2 Å². The molecule has 0 radical (unpaired) electrons. The van der Waals surface area contributed by atoms with Gasteiger partial charge in [-0.1, -0.05) is 31.5 Å². The lowest BCUT2D eigenvalue weighted by atomic mass is 10.0. The second-order valence-electron chi connectivity index (χ2n) is 12.7.